The zero-order valence-corrected chi connectivity index (χ0v) is 16.6. The average molecular weight is 402 g/mol. The lowest BCUT2D eigenvalue weighted by Crippen LogP contribution is -2.43. The highest BCUT2D eigenvalue weighted by Crippen LogP contribution is 2.29. The smallest absolute Gasteiger partial charge is 0.257 e. The predicted molar refractivity (Wildman–Crippen MR) is 105 cm³/mol. The zero-order valence-electron chi connectivity index (χ0n) is 16.6. The quantitative estimate of drug-likeness (QED) is 0.735. The van der Waals surface area contributed by atoms with Gasteiger partial charge >= 0.3 is 0 Å². The fraction of sp³-hybridized carbons (Fsp3) is 0.429. The Morgan fingerprint density at radius 2 is 2.00 bits per heavy atom. The highest BCUT2D eigenvalue weighted by molar-refractivity contribution is 5.94. The molecule has 0 saturated carbocycles. The van der Waals surface area contributed by atoms with Crippen molar-refractivity contribution in [2.75, 3.05) is 33.9 Å². The number of aliphatic hydroxyl groups excluding tert-OH is 1. The van der Waals surface area contributed by atoms with E-state index in [2.05, 4.69) is 5.32 Å². The fourth-order valence-electron chi connectivity index (χ4n) is 3.46. The summed E-state index contributed by atoms with van der Waals surface area (Å²) in [6.07, 6.45) is 3.12. The molecule has 2 heterocycles. The zero-order chi connectivity index (χ0) is 20.8. The topological polar surface area (TPSA) is 101 Å². The summed E-state index contributed by atoms with van der Waals surface area (Å²) in [4.78, 5) is 26.6. The van der Waals surface area contributed by atoms with Gasteiger partial charge in [0.05, 0.1) is 32.2 Å². The van der Waals surface area contributed by atoms with E-state index in [0.717, 1.165) is 0 Å². The van der Waals surface area contributed by atoms with Crippen LogP contribution in [0.25, 0.3) is 0 Å². The van der Waals surface area contributed by atoms with Gasteiger partial charge in [-0.15, -0.1) is 0 Å². The molecule has 156 valence electrons. The van der Waals surface area contributed by atoms with Gasteiger partial charge in [-0.25, -0.2) is 0 Å². The second-order valence-corrected chi connectivity index (χ2v) is 6.95. The maximum Gasteiger partial charge on any atom is 0.257 e. The number of amides is 2. The molecular weight excluding hydrogens is 376 g/mol. The van der Waals surface area contributed by atoms with Gasteiger partial charge in [-0.05, 0) is 37.1 Å². The van der Waals surface area contributed by atoms with Gasteiger partial charge in [-0.3, -0.25) is 9.59 Å². The second-order valence-electron chi connectivity index (χ2n) is 6.95. The minimum atomic E-state index is -0.924. The summed E-state index contributed by atoms with van der Waals surface area (Å²) in [5.41, 5.74) is 1.07. The highest BCUT2D eigenvalue weighted by Gasteiger charge is 2.28. The number of hydrogen-bond donors (Lipinski definition) is 2. The molecular formula is C21H26N2O6. The molecule has 8 heteroatoms. The molecule has 0 aliphatic carbocycles. The normalized spacial score (nSPS) is 15.6. The van der Waals surface area contributed by atoms with Gasteiger partial charge in [0.25, 0.3) is 5.91 Å². The Labute approximate surface area is 169 Å². The summed E-state index contributed by atoms with van der Waals surface area (Å²) < 4.78 is 15.4. The molecule has 0 radical (unpaired) electrons. The first kappa shape index (κ1) is 20.7. The third-order valence-corrected chi connectivity index (χ3v) is 5.19. The van der Waals surface area contributed by atoms with Crippen LogP contribution in [0.2, 0.25) is 0 Å². The molecule has 1 fully saturated rings. The number of rotatable bonds is 7. The molecule has 1 atom stereocenters. The molecule has 3 rings (SSSR count). The summed E-state index contributed by atoms with van der Waals surface area (Å²) in [5.74, 6) is 0.724. The van der Waals surface area contributed by atoms with Crippen LogP contribution in [-0.2, 0) is 4.79 Å². The van der Waals surface area contributed by atoms with E-state index >= 15 is 0 Å². The summed E-state index contributed by atoms with van der Waals surface area (Å²) in [6.45, 7) is 1.08. The molecule has 2 N–H and O–H groups in total. The standard InChI is InChI=1S/C21H26N2O6/c1-27-16-3-4-19(28-2)17(11-16)18(24)12-22-20(25)14-5-8-23(9-6-14)21(26)15-7-10-29-13-15/h3-4,7,10-11,13-14,18,24H,5-6,8-9,12H2,1-2H3,(H,22,25). The summed E-state index contributed by atoms with van der Waals surface area (Å²) in [5, 5.41) is 13.3. The highest BCUT2D eigenvalue weighted by atomic mass is 16.5. The van der Waals surface area contributed by atoms with Crippen LogP contribution in [0.15, 0.2) is 41.2 Å². The van der Waals surface area contributed by atoms with E-state index in [1.165, 1.54) is 19.6 Å². The second kappa shape index (κ2) is 9.47. The average Bonchev–Trinajstić information content (AvgIpc) is 3.31. The third kappa shape index (κ3) is 4.89. The van der Waals surface area contributed by atoms with Crippen molar-refractivity contribution in [1.82, 2.24) is 10.2 Å². The van der Waals surface area contributed by atoms with Crippen molar-refractivity contribution in [3.8, 4) is 11.5 Å². The number of benzene rings is 1. The van der Waals surface area contributed by atoms with Crippen molar-refractivity contribution in [3.05, 3.63) is 47.9 Å². The van der Waals surface area contributed by atoms with Crippen LogP contribution in [0.5, 0.6) is 11.5 Å². The van der Waals surface area contributed by atoms with E-state index in [-0.39, 0.29) is 24.3 Å². The molecule has 1 aliphatic rings. The predicted octanol–water partition coefficient (Wildman–Crippen LogP) is 2.00. The number of carbonyl (C=O) groups is 2. The van der Waals surface area contributed by atoms with E-state index in [4.69, 9.17) is 13.9 Å². The van der Waals surface area contributed by atoms with Crippen LogP contribution in [0.1, 0.15) is 34.9 Å². The molecule has 0 bridgehead atoms. The van der Waals surface area contributed by atoms with Crippen molar-refractivity contribution < 1.29 is 28.6 Å². The molecule has 0 spiro atoms. The molecule has 1 unspecified atom stereocenters. The van der Waals surface area contributed by atoms with Crippen LogP contribution in [0, 0.1) is 5.92 Å². The maximum absolute atomic E-state index is 12.5. The van der Waals surface area contributed by atoms with Crippen molar-refractivity contribution in [2.45, 2.75) is 18.9 Å². The minimum absolute atomic E-state index is 0.0660. The van der Waals surface area contributed by atoms with Crippen molar-refractivity contribution in [3.63, 3.8) is 0 Å². The van der Waals surface area contributed by atoms with Gasteiger partial charge < -0.3 is 29.2 Å². The Hall–Kier alpha value is -3.00. The Kier molecular flexibility index (Phi) is 6.77. The number of carbonyl (C=O) groups excluding carboxylic acids is 2. The van der Waals surface area contributed by atoms with Gasteiger partial charge in [-0.1, -0.05) is 0 Å². The first-order chi connectivity index (χ1) is 14.0. The van der Waals surface area contributed by atoms with E-state index < -0.39 is 6.10 Å². The molecule has 1 saturated heterocycles. The first-order valence-electron chi connectivity index (χ1n) is 9.52. The van der Waals surface area contributed by atoms with Crippen LogP contribution in [-0.4, -0.2) is 55.7 Å². The number of nitrogens with zero attached hydrogens (tertiary/aromatic N) is 1. The number of furan rings is 1. The van der Waals surface area contributed by atoms with Crippen LogP contribution >= 0.6 is 0 Å². The van der Waals surface area contributed by atoms with Crippen LogP contribution < -0.4 is 14.8 Å². The molecule has 1 aromatic carbocycles. The SMILES string of the molecule is COc1ccc(OC)c(C(O)CNC(=O)C2CCN(C(=O)c3ccoc3)CC2)c1. The van der Waals surface area contributed by atoms with Crippen molar-refractivity contribution in [1.29, 1.82) is 0 Å². The van der Waals surface area contributed by atoms with Gasteiger partial charge in [0.1, 0.15) is 17.8 Å². The lowest BCUT2D eigenvalue weighted by molar-refractivity contribution is -0.126. The van der Waals surface area contributed by atoms with Crippen molar-refractivity contribution >= 4 is 11.8 Å². The first-order valence-corrected chi connectivity index (χ1v) is 9.52. The van der Waals surface area contributed by atoms with Crippen LogP contribution in [0.3, 0.4) is 0 Å². The third-order valence-electron chi connectivity index (χ3n) is 5.19. The van der Waals surface area contributed by atoms with Crippen molar-refractivity contribution in [2.24, 2.45) is 5.92 Å². The summed E-state index contributed by atoms with van der Waals surface area (Å²) in [7, 11) is 3.07. The number of nitrogens with one attached hydrogen (secondary N) is 1. The van der Waals surface area contributed by atoms with E-state index in [1.54, 1.807) is 36.3 Å². The number of likely N-dealkylation sites (tertiary alicyclic amines) is 1. The fourth-order valence-corrected chi connectivity index (χ4v) is 3.46. The number of piperidine rings is 1. The summed E-state index contributed by atoms with van der Waals surface area (Å²) >= 11 is 0. The Morgan fingerprint density at radius 1 is 1.24 bits per heavy atom. The molecule has 1 aromatic heterocycles. The van der Waals surface area contributed by atoms with E-state index in [9.17, 15) is 14.7 Å². The number of methoxy groups -OCH3 is 2. The largest absolute Gasteiger partial charge is 0.497 e. The van der Waals surface area contributed by atoms with Crippen LogP contribution in [0.4, 0.5) is 0 Å². The number of ether oxygens (including phenoxy) is 2. The van der Waals surface area contributed by atoms with Gasteiger partial charge in [0.15, 0.2) is 0 Å². The minimum Gasteiger partial charge on any atom is -0.497 e. The number of aliphatic hydroxyl groups is 1. The number of hydrogen-bond acceptors (Lipinski definition) is 6. The molecule has 2 amide bonds. The van der Waals surface area contributed by atoms with Gasteiger partial charge in [0, 0.05) is 31.1 Å². The Balaban J connectivity index is 1.51. The molecule has 2 aromatic rings. The molecule has 1 aliphatic heterocycles. The Bertz CT molecular complexity index is 828. The lowest BCUT2D eigenvalue weighted by atomic mass is 9.95. The van der Waals surface area contributed by atoms with Gasteiger partial charge in [0.2, 0.25) is 5.91 Å². The van der Waals surface area contributed by atoms with Gasteiger partial charge in [-0.2, -0.15) is 0 Å². The summed E-state index contributed by atoms with van der Waals surface area (Å²) in [6, 6.07) is 6.78. The molecule has 8 nitrogen and oxygen atoms in total. The lowest BCUT2D eigenvalue weighted by Gasteiger charge is -2.31. The maximum atomic E-state index is 12.5. The molecule has 29 heavy (non-hydrogen) atoms. The Morgan fingerprint density at radius 3 is 2.62 bits per heavy atom. The monoisotopic (exact) mass is 402 g/mol. The van der Waals surface area contributed by atoms with E-state index in [1.807, 2.05) is 0 Å². The van der Waals surface area contributed by atoms with E-state index in [0.29, 0.717) is 48.6 Å².